The zero-order valence-corrected chi connectivity index (χ0v) is 13.5. The van der Waals surface area contributed by atoms with Crippen molar-refractivity contribution in [2.75, 3.05) is 24.3 Å². The van der Waals surface area contributed by atoms with Gasteiger partial charge in [-0.2, -0.15) is 0 Å². The van der Waals surface area contributed by atoms with Crippen molar-refractivity contribution in [3.05, 3.63) is 54.1 Å². The van der Waals surface area contributed by atoms with Crippen LogP contribution in [0, 0.1) is 0 Å². The van der Waals surface area contributed by atoms with E-state index < -0.39 is 11.9 Å². The molecule has 25 heavy (non-hydrogen) atoms. The molecule has 0 atom stereocenters. The van der Waals surface area contributed by atoms with Crippen LogP contribution in [-0.2, 0) is 4.79 Å². The van der Waals surface area contributed by atoms with Gasteiger partial charge in [0.2, 0.25) is 5.91 Å². The maximum absolute atomic E-state index is 12.2. The van der Waals surface area contributed by atoms with Gasteiger partial charge in [-0.25, -0.2) is 4.79 Å². The number of ether oxygens (including phenoxy) is 1. The first-order valence-electron chi connectivity index (χ1n) is 7.36. The van der Waals surface area contributed by atoms with Crippen LogP contribution in [-0.4, -0.2) is 31.5 Å². The summed E-state index contributed by atoms with van der Waals surface area (Å²) < 4.78 is 5.06. The maximum Gasteiger partial charge on any atom is 0.312 e. The average Bonchev–Trinajstić information content (AvgIpc) is 2.61. The van der Waals surface area contributed by atoms with Gasteiger partial charge in [0.25, 0.3) is 5.91 Å². The van der Waals surface area contributed by atoms with Crippen molar-refractivity contribution < 1.29 is 19.1 Å². The van der Waals surface area contributed by atoms with Gasteiger partial charge in [0.15, 0.2) is 0 Å². The lowest BCUT2D eigenvalue weighted by Crippen LogP contribution is -2.36. The zero-order chi connectivity index (χ0) is 18.2. The maximum atomic E-state index is 12.2. The van der Waals surface area contributed by atoms with Gasteiger partial charge < -0.3 is 26.4 Å². The van der Waals surface area contributed by atoms with Gasteiger partial charge >= 0.3 is 6.03 Å². The summed E-state index contributed by atoms with van der Waals surface area (Å²) in [6, 6.07) is 12.5. The molecule has 2 aromatic rings. The lowest BCUT2D eigenvalue weighted by atomic mass is 10.2. The predicted octanol–water partition coefficient (Wildman–Crippen LogP) is 1.55. The van der Waals surface area contributed by atoms with Crippen molar-refractivity contribution in [3.63, 3.8) is 0 Å². The first kappa shape index (κ1) is 17.8. The quantitative estimate of drug-likeness (QED) is 0.636. The van der Waals surface area contributed by atoms with Crippen LogP contribution in [0.1, 0.15) is 10.4 Å². The van der Waals surface area contributed by atoms with Gasteiger partial charge in [-0.3, -0.25) is 9.59 Å². The number of urea groups is 1. The molecule has 0 spiro atoms. The number of hydrogen-bond donors (Lipinski definition) is 4. The molecule has 130 valence electrons. The number of primary amides is 1. The second-order valence-electron chi connectivity index (χ2n) is 5.03. The number of benzene rings is 2. The minimum Gasteiger partial charge on any atom is -0.497 e. The molecule has 2 rings (SSSR count). The summed E-state index contributed by atoms with van der Waals surface area (Å²) in [6.07, 6.45) is 0. The average molecular weight is 342 g/mol. The largest absolute Gasteiger partial charge is 0.497 e. The second-order valence-corrected chi connectivity index (χ2v) is 5.03. The van der Waals surface area contributed by atoms with Crippen LogP contribution in [0.2, 0.25) is 0 Å². The van der Waals surface area contributed by atoms with Gasteiger partial charge in [0.1, 0.15) is 5.75 Å². The molecule has 8 heteroatoms. The van der Waals surface area contributed by atoms with Crippen molar-refractivity contribution >= 4 is 29.2 Å². The number of anilines is 2. The fourth-order valence-corrected chi connectivity index (χ4v) is 1.96. The Kier molecular flexibility index (Phi) is 5.94. The summed E-state index contributed by atoms with van der Waals surface area (Å²) in [6.45, 7) is -0.227. The van der Waals surface area contributed by atoms with Crippen LogP contribution in [0.5, 0.6) is 5.75 Å². The standard InChI is InChI=1S/C17H18N4O4/c1-25-14-8-6-13(7-9-14)21-16(23)11-2-4-12(5-3-11)20-15(22)10-19-17(18)24/h2-9H,10H2,1H3,(H,20,22)(H,21,23)(H3,18,19,24). The summed E-state index contributed by atoms with van der Waals surface area (Å²) in [5.41, 5.74) is 6.46. The fraction of sp³-hybridized carbons (Fsp3) is 0.118. The van der Waals surface area contributed by atoms with E-state index in [0.29, 0.717) is 22.7 Å². The third kappa shape index (κ3) is 5.54. The summed E-state index contributed by atoms with van der Waals surface area (Å²) in [5, 5.41) is 7.51. The van der Waals surface area contributed by atoms with E-state index in [1.54, 1.807) is 55.6 Å². The zero-order valence-electron chi connectivity index (χ0n) is 13.5. The van der Waals surface area contributed by atoms with E-state index in [0.717, 1.165) is 0 Å². The molecule has 0 radical (unpaired) electrons. The molecule has 0 aliphatic rings. The summed E-state index contributed by atoms with van der Waals surface area (Å²) in [5.74, 6) is -0.00316. The van der Waals surface area contributed by atoms with E-state index >= 15 is 0 Å². The molecular weight excluding hydrogens is 324 g/mol. The molecule has 2 aromatic carbocycles. The highest BCUT2D eigenvalue weighted by Gasteiger charge is 2.08. The minimum atomic E-state index is -0.777. The number of methoxy groups -OCH3 is 1. The molecule has 0 aliphatic heterocycles. The third-order valence-corrected chi connectivity index (χ3v) is 3.20. The SMILES string of the molecule is COc1ccc(NC(=O)c2ccc(NC(=O)CNC(N)=O)cc2)cc1. The number of hydrogen-bond acceptors (Lipinski definition) is 4. The highest BCUT2D eigenvalue weighted by Crippen LogP contribution is 2.16. The monoisotopic (exact) mass is 342 g/mol. The van der Waals surface area contributed by atoms with Crippen molar-refractivity contribution in [3.8, 4) is 5.75 Å². The number of rotatable bonds is 6. The molecular formula is C17H18N4O4. The Morgan fingerprint density at radius 3 is 2.04 bits per heavy atom. The van der Waals surface area contributed by atoms with Gasteiger partial charge in [-0.1, -0.05) is 0 Å². The lowest BCUT2D eigenvalue weighted by Gasteiger charge is -2.08. The van der Waals surface area contributed by atoms with E-state index in [9.17, 15) is 14.4 Å². The minimum absolute atomic E-state index is 0.227. The Balaban J connectivity index is 1.92. The Hall–Kier alpha value is -3.55. The van der Waals surface area contributed by atoms with Gasteiger partial charge in [-0.05, 0) is 48.5 Å². The van der Waals surface area contributed by atoms with Crippen molar-refractivity contribution in [1.82, 2.24) is 5.32 Å². The van der Waals surface area contributed by atoms with Crippen LogP contribution in [0.4, 0.5) is 16.2 Å². The van der Waals surface area contributed by atoms with E-state index in [2.05, 4.69) is 16.0 Å². The molecule has 0 aliphatic carbocycles. The molecule has 8 nitrogen and oxygen atoms in total. The second kappa shape index (κ2) is 8.34. The molecule has 0 heterocycles. The summed E-state index contributed by atoms with van der Waals surface area (Å²) in [4.78, 5) is 34.3. The van der Waals surface area contributed by atoms with Crippen LogP contribution in [0.25, 0.3) is 0 Å². The normalized spacial score (nSPS) is 9.80. The summed E-state index contributed by atoms with van der Waals surface area (Å²) >= 11 is 0. The number of amides is 4. The molecule has 0 unspecified atom stereocenters. The lowest BCUT2D eigenvalue weighted by molar-refractivity contribution is -0.115. The third-order valence-electron chi connectivity index (χ3n) is 3.20. The Labute approximate surface area is 144 Å². The van der Waals surface area contributed by atoms with Gasteiger partial charge in [-0.15, -0.1) is 0 Å². The predicted molar refractivity (Wildman–Crippen MR) is 93.6 cm³/mol. The van der Waals surface area contributed by atoms with Crippen LogP contribution < -0.4 is 26.4 Å². The highest BCUT2D eigenvalue weighted by molar-refractivity contribution is 6.04. The number of carbonyl (C=O) groups excluding carboxylic acids is 3. The smallest absolute Gasteiger partial charge is 0.312 e. The van der Waals surface area contributed by atoms with Crippen LogP contribution in [0.15, 0.2) is 48.5 Å². The van der Waals surface area contributed by atoms with E-state index in [1.807, 2.05) is 0 Å². The van der Waals surface area contributed by atoms with E-state index in [1.165, 1.54) is 0 Å². The Morgan fingerprint density at radius 1 is 0.920 bits per heavy atom. The molecule has 0 fully saturated rings. The topological polar surface area (TPSA) is 123 Å². The first-order valence-corrected chi connectivity index (χ1v) is 7.36. The van der Waals surface area contributed by atoms with Gasteiger partial charge in [0, 0.05) is 16.9 Å². The van der Waals surface area contributed by atoms with Crippen molar-refractivity contribution in [2.24, 2.45) is 5.73 Å². The summed E-state index contributed by atoms with van der Waals surface area (Å²) in [7, 11) is 1.57. The van der Waals surface area contributed by atoms with Crippen LogP contribution >= 0.6 is 0 Å². The van der Waals surface area contributed by atoms with E-state index in [-0.39, 0.29) is 12.5 Å². The highest BCUT2D eigenvalue weighted by atomic mass is 16.5. The molecule has 0 bridgehead atoms. The van der Waals surface area contributed by atoms with E-state index in [4.69, 9.17) is 10.5 Å². The Bertz CT molecular complexity index is 757. The fourth-order valence-electron chi connectivity index (χ4n) is 1.96. The number of nitrogens with one attached hydrogen (secondary N) is 3. The first-order chi connectivity index (χ1) is 12.0. The molecule has 0 saturated carbocycles. The Morgan fingerprint density at radius 2 is 1.48 bits per heavy atom. The molecule has 4 amide bonds. The van der Waals surface area contributed by atoms with Crippen molar-refractivity contribution in [2.45, 2.75) is 0 Å². The van der Waals surface area contributed by atoms with Crippen LogP contribution in [0.3, 0.4) is 0 Å². The molecule has 0 aromatic heterocycles. The molecule has 0 saturated heterocycles. The number of carbonyl (C=O) groups is 3. The van der Waals surface area contributed by atoms with Crippen molar-refractivity contribution in [1.29, 1.82) is 0 Å². The molecule has 5 N–H and O–H groups in total. The number of nitrogens with two attached hydrogens (primary N) is 1. The van der Waals surface area contributed by atoms with Gasteiger partial charge in [0.05, 0.1) is 13.7 Å².